The fourth-order valence-corrected chi connectivity index (χ4v) is 5.45. The molecule has 1 amide bonds. The molecule has 0 atom stereocenters. The topological polar surface area (TPSA) is 50.6 Å². The predicted molar refractivity (Wildman–Crippen MR) is 143 cm³/mol. The Bertz CT molecular complexity index is 1310. The number of methoxy groups -OCH3 is 1. The van der Waals surface area contributed by atoms with Crippen LogP contribution in [0.4, 0.5) is 5.69 Å². The summed E-state index contributed by atoms with van der Waals surface area (Å²) in [5.74, 6) is 1.42. The molecule has 5 rings (SSSR count). The van der Waals surface area contributed by atoms with Crippen LogP contribution in [-0.4, -0.2) is 59.4 Å². The van der Waals surface area contributed by atoms with E-state index in [9.17, 15) is 4.79 Å². The molecule has 4 aromatic rings. The highest BCUT2D eigenvalue weighted by atomic mass is 32.2. The van der Waals surface area contributed by atoms with E-state index in [1.807, 2.05) is 35.4 Å². The molecule has 6 nitrogen and oxygen atoms in total. The second kappa shape index (κ2) is 10.4. The second-order valence-electron chi connectivity index (χ2n) is 8.81. The highest BCUT2D eigenvalue weighted by Crippen LogP contribution is 2.30. The molecule has 1 aliphatic rings. The maximum Gasteiger partial charge on any atom is 0.233 e. The molecule has 0 N–H and O–H groups in total. The average molecular weight is 487 g/mol. The molecule has 1 fully saturated rings. The third-order valence-corrected chi connectivity index (χ3v) is 7.52. The van der Waals surface area contributed by atoms with Crippen LogP contribution in [0.15, 0.2) is 78.1 Å². The number of nitrogens with zero attached hydrogens (tertiary/aromatic N) is 4. The van der Waals surface area contributed by atoms with Gasteiger partial charge in [-0.15, -0.1) is 0 Å². The summed E-state index contributed by atoms with van der Waals surface area (Å²) in [6.45, 7) is 5.93. The largest absolute Gasteiger partial charge is 0.495 e. The molecule has 0 radical (unpaired) electrons. The molecule has 2 aromatic heterocycles. The van der Waals surface area contributed by atoms with Gasteiger partial charge in [0.25, 0.3) is 0 Å². The quantitative estimate of drug-likeness (QED) is 0.350. The summed E-state index contributed by atoms with van der Waals surface area (Å²) in [6.07, 6.45) is 3.95. The zero-order chi connectivity index (χ0) is 24.2. The number of piperazine rings is 1. The minimum atomic E-state index is 0.160. The number of aromatic nitrogens is 2. The van der Waals surface area contributed by atoms with Gasteiger partial charge in [-0.05, 0) is 36.8 Å². The summed E-state index contributed by atoms with van der Waals surface area (Å²) in [7, 11) is 1.70. The van der Waals surface area contributed by atoms with E-state index in [2.05, 4.69) is 64.0 Å². The van der Waals surface area contributed by atoms with Gasteiger partial charge in [-0.1, -0.05) is 53.7 Å². The number of carbonyl (C=O) groups is 1. The van der Waals surface area contributed by atoms with Crippen LogP contribution < -0.4 is 9.64 Å². The van der Waals surface area contributed by atoms with Crippen LogP contribution in [-0.2, 0) is 11.3 Å². The lowest BCUT2D eigenvalue weighted by Crippen LogP contribution is -2.49. The van der Waals surface area contributed by atoms with Crippen molar-refractivity contribution in [3.05, 3.63) is 84.2 Å². The monoisotopic (exact) mass is 486 g/mol. The first kappa shape index (κ1) is 23.3. The molecule has 1 saturated heterocycles. The Morgan fingerprint density at radius 1 is 1.00 bits per heavy atom. The lowest BCUT2D eigenvalue weighted by molar-refractivity contribution is -0.128. The highest BCUT2D eigenvalue weighted by Gasteiger charge is 2.23. The number of fused-ring (bicyclic) bond motifs is 1. The molecule has 180 valence electrons. The van der Waals surface area contributed by atoms with Crippen molar-refractivity contribution < 1.29 is 9.53 Å². The standard InChI is InChI=1S/C28H30N4O2S/c1-21-7-9-22(10-8-21)19-32-14-12-23-24(32)11-13-29-28(23)35-20-27(33)31-17-15-30(16-18-31)25-5-3-4-6-26(25)34-2/h3-14H,15-20H2,1-2H3. The van der Waals surface area contributed by atoms with Crippen LogP contribution in [0.25, 0.3) is 10.9 Å². The van der Waals surface area contributed by atoms with Crippen molar-refractivity contribution in [2.24, 2.45) is 0 Å². The van der Waals surface area contributed by atoms with Gasteiger partial charge in [-0.3, -0.25) is 4.79 Å². The maximum absolute atomic E-state index is 13.0. The van der Waals surface area contributed by atoms with E-state index in [-0.39, 0.29) is 5.91 Å². The van der Waals surface area contributed by atoms with Crippen LogP contribution in [0, 0.1) is 6.92 Å². The number of hydrogen-bond donors (Lipinski definition) is 0. The van der Waals surface area contributed by atoms with Crippen molar-refractivity contribution in [1.29, 1.82) is 0 Å². The van der Waals surface area contributed by atoms with Crippen molar-refractivity contribution in [2.75, 3.05) is 43.9 Å². The third-order valence-electron chi connectivity index (χ3n) is 6.53. The Morgan fingerprint density at radius 2 is 1.77 bits per heavy atom. The lowest BCUT2D eigenvalue weighted by Gasteiger charge is -2.36. The molecular weight excluding hydrogens is 456 g/mol. The van der Waals surface area contributed by atoms with E-state index >= 15 is 0 Å². The van der Waals surface area contributed by atoms with Gasteiger partial charge in [0.05, 0.1) is 24.1 Å². The van der Waals surface area contributed by atoms with Gasteiger partial charge in [0.1, 0.15) is 10.8 Å². The summed E-state index contributed by atoms with van der Waals surface area (Å²) in [4.78, 5) is 21.8. The zero-order valence-electron chi connectivity index (χ0n) is 20.2. The molecule has 1 aliphatic heterocycles. The second-order valence-corrected chi connectivity index (χ2v) is 9.77. The van der Waals surface area contributed by atoms with Crippen LogP contribution in [0.2, 0.25) is 0 Å². The fourth-order valence-electron chi connectivity index (χ4n) is 4.55. The van der Waals surface area contributed by atoms with Gasteiger partial charge in [-0.2, -0.15) is 0 Å². The van der Waals surface area contributed by atoms with Crippen LogP contribution in [0.1, 0.15) is 11.1 Å². The minimum Gasteiger partial charge on any atom is -0.495 e. The summed E-state index contributed by atoms with van der Waals surface area (Å²) in [6, 6.07) is 20.8. The predicted octanol–water partition coefficient (Wildman–Crippen LogP) is 4.84. The highest BCUT2D eigenvalue weighted by molar-refractivity contribution is 8.00. The first-order chi connectivity index (χ1) is 17.1. The molecule has 35 heavy (non-hydrogen) atoms. The van der Waals surface area contributed by atoms with Gasteiger partial charge in [0, 0.05) is 50.5 Å². The summed E-state index contributed by atoms with van der Waals surface area (Å²) < 4.78 is 7.74. The van der Waals surface area contributed by atoms with E-state index in [4.69, 9.17) is 4.74 Å². The van der Waals surface area contributed by atoms with E-state index in [0.717, 1.165) is 47.0 Å². The number of amides is 1. The number of carbonyl (C=O) groups excluding carboxylic acids is 1. The van der Waals surface area contributed by atoms with Crippen LogP contribution in [0.3, 0.4) is 0 Å². The van der Waals surface area contributed by atoms with Crippen molar-refractivity contribution in [2.45, 2.75) is 18.5 Å². The lowest BCUT2D eigenvalue weighted by atomic mass is 10.1. The van der Waals surface area contributed by atoms with Crippen molar-refractivity contribution >= 4 is 34.3 Å². The SMILES string of the molecule is COc1ccccc1N1CCN(C(=O)CSc2nccc3c2ccn3Cc2ccc(C)cc2)CC1. The molecule has 0 unspecified atom stereocenters. The number of ether oxygens (including phenoxy) is 1. The number of anilines is 1. The first-order valence-corrected chi connectivity index (χ1v) is 12.9. The Hall–Kier alpha value is -3.45. The Kier molecular flexibility index (Phi) is 6.95. The van der Waals surface area contributed by atoms with Gasteiger partial charge >= 0.3 is 0 Å². The van der Waals surface area contributed by atoms with Crippen LogP contribution in [0.5, 0.6) is 5.75 Å². The number of hydrogen-bond acceptors (Lipinski definition) is 5. The van der Waals surface area contributed by atoms with Gasteiger partial charge in [-0.25, -0.2) is 4.98 Å². The number of para-hydroxylation sites is 2. The molecule has 0 spiro atoms. The van der Waals surface area contributed by atoms with Gasteiger partial charge in [0.15, 0.2) is 0 Å². The normalized spacial score (nSPS) is 13.9. The van der Waals surface area contributed by atoms with Gasteiger partial charge in [0.2, 0.25) is 5.91 Å². The maximum atomic E-state index is 13.0. The number of benzene rings is 2. The third kappa shape index (κ3) is 5.15. The molecule has 3 heterocycles. The molecule has 7 heteroatoms. The Labute approximate surface area is 210 Å². The van der Waals surface area contributed by atoms with Crippen molar-refractivity contribution in [1.82, 2.24) is 14.5 Å². The zero-order valence-corrected chi connectivity index (χ0v) is 21.0. The average Bonchev–Trinajstić information content (AvgIpc) is 3.32. The number of pyridine rings is 1. The van der Waals surface area contributed by atoms with Crippen LogP contribution >= 0.6 is 11.8 Å². The first-order valence-electron chi connectivity index (χ1n) is 11.9. The number of thioether (sulfide) groups is 1. The van der Waals surface area contributed by atoms with E-state index < -0.39 is 0 Å². The minimum absolute atomic E-state index is 0.160. The Morgan fingerprint density at radius 3 is 2.54 bits per heavy atom. The molecule has 0 bridgehead atoms. The van der Waals surface area contributed by atoms with E-state index in [0.29, 0.717) is 18.8 Å². The number of aryl methyl sites for hydroxylation is 1. The summed E-state index contributed by atoms with van der Waals surface area (Å²) >= 11 is 1.53. The smallest absolute Gasteiger partial charge is 0.233 e. The Balaban J connectivity index is 1.20. The number of rotatable bonds is 7. The summed E-state index contributed by atoms with van der Waals surface area (Å²) in [5, 5.41) is 2.00. The summed E-state index contributed by atoms with van der Waals surface area (Å²) in [5.41, 5.74) is 4.75. The van der Waals surface area contributed by atoms with Crippen molar-refractivity contribution in [3.8, 4) is 5.75 Å². The molecule has 0 aliphatic carbocycles. The fraction of sp³-hybridized carbons (Fsp3) is 0.286. The van der Waals surface area contributed by atoms with Gasteiger partial charge < -0.3 is 19.1 Å². The molecule has 0 saturated carbocycles. The van der Waals surface area contributed by atoms with E-state index in [1.165, 1.54) is 22.9 Å². The van der Waals surface area contributed by atoms with Crippen molar-refractivity contribution in [3.63, 3.8) is 0 Å². The molecule has 2 aromatic carbocycles. The molecular formula is C28H30N4O2S. The van der Waals surface area contributed by atoms with E-state index in [1.54, 1.807) is 7.11 Å².